The van der Waals surface area contributed by atoms with Gasteiger partial charge >= 0.3 is 81.9 Å². The predicted octanol–water partition coefficient (Wildman–Crippen LogP) is 2.05. The van der Waals surface area contributed by atoms with Crippen LogP contribution >= 0.6 is 9.19 Å². The van der Waals surface area contributed by atoms with E-state index in [-0.39, 0.29) is 0 Å². The molecule has 0 spiro atoms. The van der Waals surface area contributed by atoms with E-state index in [0.29, 0.717) is 0 Å². The molecule has 0 nitrogen and oxygen atoms in total. The van der Waals surface area contributed by atoms with Crippen LogP contribution < -0.4 is 3.51 Å². The van der Waals surface area contributed by atoms with Crippen LogP contribution in [-0.4, -0.2) is 19.7 Å². The first kappa shape index (κ1) is 9.35. The molecule has 1 aromatic rings. The average molecular weight is 273 g/mol. The standard InChI is InChI=1S/C9H11.S.Sb/c1-7-4-8(2)6-9(3)5-7;;/h4-5H,1-3H3;;. The van der Waals surface area contributed by atoms with Crippen LogP contribution in [-0.2, 0) is 0 Å². The summed E-state index contributed by atoms with van der Waals surface area (Å²) < 4.78 is 1.47. The quantitative estimate of drug-likeness (QED) is 0.706. The van der Waals surface area contributed by atoms with E-state index >= 15 is 0 Å². The molecule has 0 bridgehead atoms. The number of benzene rings is 1. The first-order chi connectivity index (χ1) is 5.15. The van der Waals surface area contributed by atoms with E-state index in [1.807, 2.05) is 0 Å². The molecular formula is C9H11SSb. The summed E-state index contributed by atoms with van der Waals surface area (Å²) in [6.07, 6.45) is 0. The third kappa shape index (κ3) is 2.10. The molecular weight excluding hydrogens is 262 g/mol. The zero-order chi connectivity index (χ0) is 8.43. The summed E-state index contributed by atoms with van der Waals surface area (Å²) in [7, 11) is 5.19. The van der Waals surface area contributed by atoms with Crippen LogP contribution in [0.3, 0.4) is 0 Å². The molecule has 58 valence electrons. The number of aryl methyl sites for hydroxylation is 3. The van der Waals surface area contributed by atoms with Crippen LogP contribution in [0, 0.1) is 20.8 Å². The van der Waals surface area contributed by atoms with Crippen molar-refractivity contribution in [2.45, 2.75) is 20.8 Å². The van der Waals surface area contributed by atoms with Gasteiger partial charge < -0.3 is 0 Å². The summed E-state index contributed by atoms with van der Waals surface area (Å²) in [6, 6.07) is 4.45. The molecule has 0 heterocycles. The van der Waals surface area contributed by atoms with Gasteiger partial charge in [-0.25, -0.2) is 0 Å². The molecule has 0 saturated heterocycles. The van der Waals surface area contributed by atoms with Gasteiger partial charge in [0.15, 0.2) is 0 Å². The van der Waals surface area contributed by atoms with Crippen molar-refractivity contribution in [2.75, 3.05) is 0 Å². The first-order valence-corrected chi connectivity index (χ1v) is 8.33. The van der Waals surface area contributed by atoms with E-state index < -0.39 is 19.7 Å². The van der Waals surface area contributed by atoms with Crippen molar-refractivity contribution in [2.24, 2.45) is 0 Å². The molecule has 0 amide bonds. The Balaban J connectivity index is 3.36. The van der Waals surface area contributed by atoms with Gasteiger partial charge in [0.25, 0.3) is 0 Å². The Morgan fingerprint density at radius 1 is 1.09 bits per heavy atom. The van der Waals surface area contributed by atoms with E-state index in [4.69, 9.17) is 9.19 Å². The van der Waals surface area contributed by atoms with Crippen molar-refractivity contribution in [3.05, 3.63) is 28.8 Å². The van der Waals surface area contributed by atoms with Crippen LogP contribution in [0.1, 0.15) is 16.7 Å². The van der Waals surface area contributed by atoms with Gasteiger partial charge in [-0.2, -0.15) is 0 Å². The molecule has 1 rings (SSSR count). The molecule has 0 saturated carbocycles. The van der Waals surface area contributed by atoms with Crippen LogP contribution in [0.5, 0.6) is 0 Å². The van der Waals surface area contributed by atoms with Crippen LogP contribution in [0.4, 0.5) is 0 Å². The fraction of sp³-hybridized carbons (Fsp3) is 0.333. The predicted molar refractivity (Wildman–Crippen MR) is 53.6 cm³/mol. The van der Waals surface area contributed by atoms with Gasteiger partial charge in [0, 0.05) is 0 Å². The Morgan fingerprint density at radius 2 is 1.55 bits per heavy atom. The Labute approximate surface area is 81.7 Å². The summed E-state index contributed by atoms with van der Waals surface area (Å²) in [5.74, 6) is 0. The van der Waals surface area contributed by atoms with Crippen LogP contribution in [0.2, 0.25) is 0 Å². The Kier molecular flexibility index (Phi) is 3.21. The Bertz CT molecular complexity index is 269. The maximum absolute atomic E-state index is 5.19. The van der Waals surface area contributed by atoms with Gasteiger partial charge in [-0.3, -0.25) is 0 Å². The van der Waals surface area contributed by atoms with Gasteiger partial charge in [0.2, 0.25) is 0 Å². The van der Waals surface area contributed by atoms with Crippen molar-refractivity contribution in [3.63, 3.8) is 0 Å². The second kappa shape index (κ2) is 3.78. The first-order valence-electron chi connectivity index (χ1n) is 3.56. The monoisotopic (exact) mass is 272 g/mol. The zero-order valence-corrected chi connectivity index (χ0v) is 10.4. The average Bonchev–Trinajstić information content (AvgIpc) is 1.85. The molecule has 0 unspecified atom stereocenters. The van der Waals surface area contributed by atoms with Crippen molar-refractivity contribution in [1.82, 2.24) is 0 Å². The summed E-state index contributed by atoms with van der Waals surface area (Å²) in [5.41, 5.74) is 4.15. The van der Waals surface area contributed by atoms with E-state index in [0.717, 1.165) is 0 Å². The number of rotatable bonds is 1. The summed E-state index contributed by atoms with van der Waals surface area (Å²) in [6.45, 7) is 6.46. The number of hydrogen-bond acceptors (Lipinski definition) is 1. The Hall–Kier alpha value is 0.258. The maximum atomic E-state index is 5.19. The van der Waals surface area contributed by atoms with Gasteiger partial charge in [-0.1, -0.05) is 0 Å². The van der Waals surface area contributed by atoms with Crippen LogP contribution in [0.25, 0.3) is 0 Å². The van der Waals surface area contributed by atoms with Gasteiger partial charge in [0.1, 0.15) is 0 Å². The minimum atomic E-state index is -0.490. The van der Waals surface area contributed by atoms with Gasteiger partial charge in [-0.15, -0.1) is 0 Å². The summed E-state index contributed by atoms with van der Waals surface area (Å²) in [5, 5.41) is 0. The van der Waals surface area contributed by atoms with E-state index in [9.17, 15) is 0 Å². The van der Waals surface area contributed by atoms with E-state index in [2.05, 4.69) is 32.9 Å². The molecule has 0 aliphatic heterocycles. The van der Waals surface area contributed by atoms with E-state index in [1.54, 1.807) is 0 Å². The molecule has 0 fully saturated rings. The normalized spacial score (nSPS) is 9.73. The molecule has 1 aromatic carbocycles. The second-order valence-electron chi connectivity index (χ2n) is 2.84. The number of hydrogen-bond donors (Lipinski definition) is 0. The summed E-state index contributed by atoms with van der Waals surface area (Å²) in [4.78, 5) is 0. The SMILES string of the molecule is Cc1cc(C)[c]([Sb]=[S])c(C)c1. The fourth-order valence-electron chi connectivity index (χ4n) is 1.32. The van der Waals surface area contributed by atoms with Crippen molar-refractivity contribution < 1.29 is 0 Å². The fourth-order valence-corrected chi connectivity index (χ4v) is 4.44. The second-order valence-corrected chi connectivity index (χ2v) is 5.86. The molecule has 0 aromatic heterocycles. The molecule has 0 N–H and O–H groups in total. The van der Waals surface area contributed by atoms with E-state index in [1.165, 1.54) is 20.2 Å². The molecule has 0 radical (unpaired) electrons. The third-order valence-electron chi connectivity index (χ3n) is 1.73. The third-order valence-corrected chi connectivity index (χ3v) is 5.49. The Morgan fingerprint density at radius 3 is 1.91 bits per heavy atom. The molecule has 0 aliphatic rings. The summed E-state index contributed by atoms with van der Waals surface area (Å²) >= 11 is -0.490. The van der Waals surface area contributed by atoms with Crippen molar-refractivity contribution in [1.29, 1.82) is 0 Å². The molecule has 2 heteroatoms. The molecule has 11 heavy (non-hydrogen) atoms. The van der Waals surface area contributed by atoms with Gasteiger partial charge in [-0.05, 0) is 0 Å². The minimum absolute atomic E-state index is 0.490. The van der Waals surface area contributed by atoms with Crippen molar-refractivity contribution >= 4 is 32.4 Å². The topological polar surface area (TPSA) is 0 Å². The van der Waals surface area contributed by atoms with Crippen LogP contribution in [0.15, 0.2) is 12.1 Å². The molecule has 0 atom stereocenters. The zero-order valence-electron chi connectivity index (χ0n) is 7.01. The van der Waals surface area contributed by atoms with Crippen molar-refractivity contribution in [3.8, 4) is 0 Å². The van der Waals surface area contributed by atoms with Gasteiger partial charge in [0.05, 0.1) is 0 Å². The molecule has 0 aliphatic carbocycles.